The van der Waals surface area contributed by atoms with Crippen LogP contribution in [0.5, 0.6) is 5.75 Å². The predicted octanol–water partition coefficient (Wildman–Crippen LogP) is 3.26. The van der Waals surface area contributed by atoms with Gasteiger partial charge in [0.05, 0.1) is 6.61 Å². The van der Waals surface area contributed by atoms with E-state index in [2.05, 4.69) is 53.4 Å². The Balaban J connectivity index is 1.82. The molecule has 146 valence electrons. The van der Waals surface area contributed by atoms with Crippen LogP contribution in [-0.2, 0) is 6.54 Å². The number of benzene rings is 1. The van der Waals surface area contributed by atoms with Crippen LogP contribution in [-0.4, -0.2) is 50.2 Å². The summed E-state index contributed by atoms with van der Waals surface area (Å²) in [7, 11) is 1.84. The smallest absolute Gasteiger partial charge is 0.191 e. The normalized spacial score (nSPS) is 16.7. The molecular formula is C21H36N4O. The van der Waals surface area contributed by atoms with E-state index in [9.17, 15) is 0 Å². The molecule has 1 aromatic rings. The fourth-order valence-corrected chi connectivity index (χ4v) is 3.23. The molecule has 1 aromatic carbocycles. The second kappa shape index (κ2) is 11.1. The van der Waals surface area contributed by atoms with Crippen molar-refractivity contribution in [3.63, 3.8) is 0 Å². The molecular weight excluding hydrogens is 324 g/mol. The number of nitrogens with zero attached hydrogens (tertiary/aromatic N) is 2. The van der Waals surface area contributed by atoms with Crippen molar-refractivity contribution in [3.8, 4) is 5.75 Å². The highest BCUT2D eigenvalue weighted by atomic mass is 16.5. The van der Waals surface area contributed by atoms with Gasteiger partial charge >= 0.3 is 0 Å². The van der Waals surface area contributed by atoms with Gasteiger partial charge in [0.2, 0.25) is 0 Å². The van der Waals surface area contributed by atoms with E-state index in [1.165, 1.54) is 38.9 Å². The van der Waals surface area contributed by atoms with Gasteiger partial charge in [-0.3, -0.25) is 4.99 Å². The summed E-state index contributed by atoms with van der Waals surface area (Å²) in [6.45, 7) is 11.6. The van der Waals surface area contributed by atoms with E-state index in [0.29, 0.717) is 18.5 Å². The van der Waals surface area contributed by atoms with E-state index in [0.717, 1.165) is 23.9 Å². The van der Waals surface area contributed by atoms with Gasteiger partial charge in [-0.25, -0.2) is 0 Å². The summed E-state index contributed by atoms with van der Waals surface area (Å²) < 4.78 is 5.94. The molecule has 1 fully saturated rings. The van der Waals surface area contributed by atoms with E-state index in [4.69, 9.17) is 4.74 Å². The molecule has 0 radical (unpaired) electrons. The van der Waals surface area contributed by atoms with Crippen LogP contribution < -0.4 is 15.4 Å². The van der Waals surface area contributed by atoms with E-state index < -0.39 is 0 Å². The van der Waals surface area contributed by atoms with E-state index >= 15 is 0 Å². The van der Waals surface area contributed by atoms with Gasteiger partial charge in [0.15, 0.2) is 5.96 Å². The van der Waals surface area contributed by atoms with Crippen LogP contribution >= 0.6 is 0 Å². The summed E-state index contributed by atoms with van der Waals surface area (Å²) in [5.74, 6) is 2.35. The highest BCUT2D eigenvalue weighted by Gasteiger charge is 2.19. The van der Waals surface area contributed by atoms with Crippen LogP contribution in [0.2, 0.25) is 0 Å². The number of hydrogen-bond donors (Lipinski definition) is 2. The standard InChI is InChI=1S/C21H36N4O/c1-5-12-25-13-10-19(11-14-25)24-21(22-4)23-15-18-8-6-7-9-20(18)26-16-17(2)3/h6-9,17,19H,5,10-16H2,1-4H3,(H2,22,23,24). The number of rotatable bonds is 8. The van der Waals surface area contributed by atoms with Gasteiger partial charge in [0, 0.05) is 38.3 Å². The third-order valence-electron chi connectivity index (χ3n) is 4.68. The summed E-state index contributed by atoms with van der Waals surface area (Å²) >= 11 is 0. The van der Waals surface area contributed by atoms with Crippen molar-refractivity contribution in [1.29, 1.82) is 0 Å². The van der Waals surface area contributed by atoms with Crippen molar-refractivity contribution >= 4 is 5.96 Å². The Hall–Kier alpha value is -1.75. The average Bonchev–Trinajstić information content (AvgIpc) is 2.65. The number of aliphatic imine (C=N–C) groups is 1. The lowest BCUT2D eigenvalue weighted by molar-refractivity contribution is 0.206. The number of piperidine rings is 1. The van der Waals surface area contributed by atoms with Gasteiger partial charge in [-0.15, -0.1) is 0 Å². The van der Waals surface area contributed by atoms with Crippen molar-refractivity contribution < 1.29 is 4.74 Å². The van der Waals surface area contributed by atoms with Gasteiger partial charge in [0.1, 0.15) is 5.75 Å². The lowest BCUT2D eigenvalue weighted by atomic mass is 10.1. The summed E-state index contributed by atoms with van der Waals surface area (Å²) in [4.78, 5) is 6.95. The third-order valence-corrected chi connectivity index (χ3v) is 4.68. The SMILES string of the molecule is CCCN1CCC(NC(=NC)NCc2ccccc2OCC(C)C)CC1. The zero-order valence-corrected chi connectivity index (χ0v) is 16.9. The van der Waals surface area contributed by atoms with Crippen molar-refractivity contribution in [1.82, 2.24) is 15.5 Å². The predicted molar refractivity (Wildman–Crippen MR) is 110 cm³/mol. The Kier molecular flexibility index (Phi) is 8.75. The molecule has 1 aliphatic rings. The first-order valence-electron chi connectivity index (χ1n) is 10.0. The molecule has 0 bridgehead atoms. The summed E-state index contributed by atoms with van der Waals surface area (Å²) in [6, 6.07) is 8.73. The Labute approximate surface area is 159 Å². The van der Waals surface area contributed by atoms with Crippen LogP contribution in [0.25, 0.3) is 0 Å². The minimum absolute atomic E-state index is 0.502. The molecule has 0 aliphatic carbocycles. The van der Waals surface area contributed by atoms with Crippen LogP contribution in [0.4, 0.5) is 0 Å². The molecule has 0 amide bonds. The maximum Gasteiger partial charge on any atom is 0.191 e. The van der Waals surface area contributed by atoms with Crippen molar-refractivity contribution in [2.24, 2.45) is 10.9 Å². The van der Waals surface area contributed by atoms with Crippen LogP contribution in [0.1, 0.15) is 45.6 Å². The van der Waals surface area contributed by atoms with Gasteiger partial charge in [-0.05, 0) is 37.8 Å². The number of ether oxygens (including phenoxy) is 1. The summed E-state index contributed by atoms with van der Waals surface area (Å²) in [6.07, 6.45) is 3.59. The lowest BCUT2D eigenvalue weighted by Crippen LogP contribution is -2.48. The van der Waals surface area contributed by atoms with Crippen LogP contribution in [0.3, 0.4) is 0 Å². The first-order chi connectivity index (χ1) is 12.6. The molecule has 2 rings (SSSR count). The molecule has 5 nitrogen and oxygen atoms in total. The maximum atomic E-state index is 5.94. The molecule has 0 unspecified atom stereocenters. The number of para-hydroxylation sites is 1. The van der Waals surface area contributed by atoms with E-state index in [-0.39, 0.29) is 0 Å². The Morgan fingerprint density at radius 3 is 2.65 bits per heavy atom. The number of likely N-dealkylation sites (tertiary alicyclic amines) is 1. The molecule has 1 saturated heterocycles. The first-order valence-corrected chi connectivity index (χ1v) is 10.0. The third kappa shape index (κ3) is 6.87. The van der Waals surface area contributed by atoms with Crippen LogP contribution in [0.15, 0.2) is 29.3 Å². The quantitative estimate of drug-likeness (QED) is 0.552. The lowest BCUT2D eigenvalue weighted by Gasteiger charge is -2.32. The van der Waals surface area contributed by atoms with Crippen molar-refractivity contribution in [2.75, 3.05) is 33.3 Å². The average molecular weight is 361 g/mol. The van der Waals surface area contributed by atoms with Crippen molar-refractivity contribution in [2.45, 2.75) is 52.6 Å². The second-order valence-electron chi connectivity index (χ2n) is 7.50. The monoisotopic (exact) mass is 360 g/mol. The molecule has 1 heterocycles. The molecule has 0 saturated carbocycles. The Morgan fingerprint density at radius 2 is 2.00 bits per heavy atom. The Bertz CT molecular complexity index is 551. The molecule has 1 aliphatic heterocycles. The first kappa shape index (κ1) is 20.6. The Morgan fingerprint density at radius 1 is 1.27 bits per heavy atom. The topological polar surface area (TPSA) is 48.9 Å². The second-order valence-corrected chi connectivity index (χ2v) is 7.50. The molecule has 0 spiro atoms. The van der Waals surface area contributed by atoms with Gasteiger partial charge in [-0.2, -0.15) is 0 Å². The zero-order chi connectivity index (χ0) is 18.8. The van der Waals surface area contributed by atoms with E-state index in [1.807, 2.05) is 19.2 Å². The number of nitrogens with one attached hydrogen (secondary N) is 2. The van der Waals surface area contributed by atoms with E-state index in [1.54, 1.807) is 0 Å². The van der Waals surface area contributed by atoms with Crippen LogP contribution in [0, 0.1) is 5.92 Å². The molecule has 0 atom stereocenters. The minimum atomic E-state index is 0.502. The number of hydrogen-bond acceptors (Lipinski definition) is 3. The molecule has 26 heavy (non-hydrogen) atoms. The maximum absolute atomic E-state index is 5.94. The number of guanidine groups is 1. The van der Waals surface area contributed by atoms with Gasteiger partial charge in [-0.1, -0.05) is 39.0 Å². The largest absolute Gasteiger partial charge is 0.493 e. The molecule has 2 N–H and O–H groups in total. The van der Waals surface area contributed by atoms with Crippen molar-refractivity contribution in [3.05, 3.63) is 29.8 Å². The van der Waals surface area contributed by atoms with Gasteiger partial charge in [0.25, 0.3) is 0 Å². The fraction of sp³-hybridized carbons (Fsp3) is 0.667. The molecule has 0 aromatic heterocycles. The fourth-order valence-electron chi connectivity index (χ4n) is 3.23. The zero-order valence-electron chi connectivity index (χ0n) is 16.9. The highest BCUT2D eigenvalue weighted by molar-refractivity contribution is 5.80. The molecule has 5 heteroatoms. The van der Waals surface area contributed by atoms with Gasteiger partial charge < -0.3 is 20.3 Å². The highest BCUT2D eigenvalue weighted by Crippen LogP contribution is 2.18. The summed E-state index contributed by atoms with van der Waals surface area (Å²) in [5, 5.41) is 7.02. The minimum Gasteiger partial charge on any atom is -0.493 e. The summed E-state index contributed by atoms with van der Waals surface area (Å²) in [5.41, 5.74) is 1.16.